The molecular weight excluding hydrogens is 422 g/mol. The minimum Gasteiger partial charge on any atom is -0.493 e. The van der Waals surface area contributed by atoms with Gasteiger partial charge < -0.3 is 23.5 Å². The van der Waals surface area contributed by atoms with Crippen molar-refractivity contribution < 1.29 is 23.4 Å². The third-order valence-electron chi connectivity index (χ3n) is 5.49. The number of fused-ring (bicyclic) bond motifs is 2. The number of hydrogen-bond donors (Lipinski definition) is 0. The third kappa shape index (κ3) is 4.13. The first-order valence-electron chi connectivity index (χ1n) is 10.4. The van der Waals surface area contributed by atoms with Gasteiger partial charge in [0.05, 0.1) is 7.11 Å². The molecule has 1 aliphatic rings. The molecule has 7 nitrogen and oxygen atoms in total. The molecular formula is C26H21NO6. The van der Waals surface area contributed by atoms with Gasteiger partial charge in [0.1, 0.15) is 5.56 Å². The van der Waals surface area contributed by atoms with Crippen LogP contribution in [0.4, 0.5) is 0 Å². The first-order valence-corrected chi connectivity index (χ1v) is 10.4. The molecule has 7 heteroatoms. The van der Waals surface area contributed by atoms with Crippen LogP contribution in [0.2, 0.25) is 0 Å². The molecule has 0 unspecified atom stereocenters. The van der Waals surface area contributed by atoms with Crippen molar-refractivity contribution in [3.05, 3.63) is 99.9 Å². The van der Waals surface area contributed by atoms with Crippen molar-refractivity contribution in [1.82, 2.24) is 4.90 Å². The molecule has 0 saturated heterocycles. The molecule has 1 aliphatic heterocycles. The molecule has 0 aliphatic carbocycles. The Balaban J connectivity index is 1.52. The van der Waals surface area contributed by atoms with E-state index in [1.165, 1.54) is 7.11 Å². The minimum atomic E-state index is -0.708. The summed E-state index contributed by atoms with van der Waals surface area (Å²) in [6.07, 6.45) is 0. The first kappa shape index (κ1) is 20.6. The molecule has 5 rings (SSSR count). The molecule has 0 bridgehead atoms. The van der Waals surface area contributed by atoms with Gasteiger partial charge in [0.15, 0.2) is 22.8 Å². The van der Waals surface area contributed by atoms with Gasteiger partial charge in [0, 0.05) is 18.5 Å². The monoisotopic (exact) mass is 443 g/mol. The molecule has 4 aromatic rings. The van der Waals surface area contributed by atoms with Gasteiger partial charge in [-0.25, -0.2) is 4.79 Å². The Bertz CT molecular complexity index is 1380. The van der Waals surface area contributed by atoms with Gasteiger partial charge in [-0.3, -0.25) is 4.79 Å². The summed E-state index contributed by atoms with van der Waals surface area (Å²) in [5.41, 5.74) is 1.37. The summed E-state index contributed by atoms with van der Waals surface area (Å²) in [4.78, 5) is 28.0. The molecule has 0 fully saturated rings. The maximum atomic E-state index is 13.6. The van der Waals surface area contributed by atoms with E-state index >= 15 is 0 Å². The summed E-state index contributed by atoms with van der Waals surface area (Å²) < 4.78 is 21.6. The Kier molecular flexibility index (Phi) is 5.44. The topological polar surface area (TPSA) is 78.2 Å². The third-order valence-corrected chi connectivity index (χ3v) is 5.49. The van der Waals surface area contributed by atoms with Crippen LogP contribution in [0.5, 0.6) is 17.2 Å². The van der Waals surface area contributed by atoms with Crippen LogP contribution in [-0.4, -0.2) is 24.7 Å². The summed E-state index contributed by atoms with van der Waals surface area (Å²) in [7, 11) is 1.50. The minimum absolute atomic E-state index is 0.0348. The standard InChI is InChI=1S/C26H21NO6/c1-30-22-9-5-8-19-13-20(26(29)33-24(19)22)25(28)27(14-17-6-3-2-4-7-17)15-18-10-11-21-23(12-18)32-16-31-21/h2-13H,14-16H2,1H3. The van der Waals surface area contributed by atoms with Gasteiger partial charge in [-0.15, -0.1) is 0 Å². The largest absolute Gasteiger partial charge is 0.493 e. The maximum absolute atomic E-state index is 13.6. The van der Waals surface area contributed by atoms with Crippen molar-refractivity contribution in [3.8, 4) is 17.2 Å². The number of carbonyl (C=O) groups excluding carboxylic acids is 1. The molecule has 0 saturated carbocycles. The fourth-order valence-corrected chi connectivity index (χ4v) is 3.86. The highest BCUT2D eigenvalue weighted by atomic mass is 16.7. The summed E-state index contributed by atoms with van der Waals surface area (Å²) in [5.74, 6) is 1.32. The van der Waals surface area contributed by atoms with Crippen LogP contribution in [0.25, 0.3) is 11.0 Å². The maximum Gasteiger partial charge on any atom is 0.349 e. The summed E-state index contributed by atoms with van der Waals surface area (Å²) in [6.45, 7) is 0.775. The Morgan fingerprint density at radius 3 is 2.52 bits per heavy atom. The van der Waals surface area contributed by atoms with Gasteiger partial charge >= 0.3 is 5.63 Å². The number of ether oxygens (including phenoxy) is 3. The normalized spacial score (nSPS) is 12.0. The van der Waals surface area contributed by atoms with Crippen molar-refractivity contribution in [2.24, 2.45) is 0 Å². The van der Waals surface area contributed by atoms with Gasteiger partial charge in [-0.1, -0.05) is 48.5 Å². The van der Waals surface area contributed by atoms with E-state index in [2.05, 4.69) is 0 Å². The molecule has 1 aromatic heterocycles. The smallest absolute Gasteiger partial charge is 0.349 e. The second-order valence-electron chi connectivity index (χ2n) is 7.66. The second-order valence-corrected chi connectivity index (χ2v) is 7.66. The predicted molar refractivity (Wildman–Crippen MR) is 122 cm³/mol. The SMILES string of the molecule is COc1cccc2cc(C(=O)N(Cc3ccccc3)Cc3ccc4c(c3)OCO4)c(=O)oc12. The van der Waals surface area contributed by atoms with Crippen LogP contribution in [0.3, 0.4) is 0 Å². The lowest BCUT2D eigenvalue weighted by atomic mass is 10.1. The Hall–Kier alpha value is -4.26. The number of rotatable bonds is 6. The van der Waals surface area contributed by atoms with E-state index in [9.17, 15) is 9.59 Å². The number of hydrogen-bond acceptors (Lipinski definition) is 6. The predicted octanol–water partition coefficient (Wildman–Crippen LogP) is 4.37. The van der Waals surface area contributed by atoms with E-state index in [0.717, 1.165) is 11.1 Å². The van der Waals surface area contributed by atoms with Gasteiger partial charge in [-0.2, -0.15) is 0 Å². The van der Waals surface area contributed by atoms with Crippen molar-refractivity contribution >= 4 is 16.9 Å². The summed E-state index contributed by atoms with van der Waals surface area (Å²) in [6, 6.07) is 22.0. The van der Waals surface area contributed by atoms with Crippen LogP contribution >= 0.6 is 0 Å². The average Bonchev–Trinajstić information content (AvgIpc) is 3.31. The van der Waals surface area contributed by atoms with Crippen LogP contribution in [0.15, 0.2) is 82.0 Å². The highest BCUT2D eigenvalue weighted by molar-refractivity contribution is 5.97. The Labute approximate surface area is 189 Å². The van der Waals surface area contributed by atoms with Crippen LogP contribution in [-0.2, 0) is 13.1 Å². The quantitative estimate of drug-likeness (QED) is 0.412. The lowest BCUT2D eigenvalue weighted by molar-refractivity contribution is 0.0725. The zero-order valence-corrected chi connectivity index (χ0v) is 17.9. The van der Waals surface area contributed by atoms with E-state index < -0.39 is 11.5 Å². The van der Waals surface area contributed by atoms with E-state index in [0.29, 0.717) is 34.8 Å². The Morgan fingerprint density at radius 2 is 1.70 bits per heavy atom. The van der Waals surface area contributed by atoms with Gasteiger partial charge in [0.2, 0.25) is 6.79 Å². The van der Waals surface area contributed by atoms with Crippen molar-refractivity contribution in [2.45, 2.75) is 13.1 Å². The molecule has 0 atom stereocenters. The number of nitrogens with zero attached hydrogens (tertiary/aromatic N) is 1. The zero-order chi connectivity index (χ0) is 22.8. The number of amides is 1. The fraction of sp³-hybridized carbons (Fsp3) is 0.154. The summed E-state index contributed by atoms with van der Waals surface area (Å²) >= 11 is 0. The molecule has 3 aromatic carbocycles. The lowest BCUT2D eigenvalue weighted by Gasteiger charge is -2.23. The molecule has 1 amide bonds. The van der Waals surface area contributed by atoms with Crippen LogP contribution < -0.4 is 19.8 Å². The van der Waals surface area contributed by atoms with Crippen molar-refractivity contribution in [2.75, 3.05) is 13.9 Å². The lowest BCUT2D eigenvalue weighted by Crippen LogP contribution is -2.33. The molecule has 2 heterocycles. The highest BCUT2D eigenvalue weighted by Crippen LogP contribution is 2.33. The number of carbonyl (C=O) groups is 1. The average molecular weight is 443 g/mol. The van der Waals surface area contributed by atoms with Crippen LogP contribution in [0, 0.1) is 0 Å². The number of para-hydroxylation sites is 1. The molecule has 166 valence electrons. The number of methoxy groups -OCH3 is 1. The zero-order valence-electron chi connectivity index (χ0n) is 17.9. The van der Waals surface area contributed by atoms with Gasteiger partial charge in [0.25, 0.3) is 5.91 Å². The Morgan fingerprint density at radius 1 is 0.909 bits per heavy atom. The first-order chi connectivity index (χ1) is 16.1. The van der Waals surface area contributed by atoms with E-state index in [-0.39, 0.29) is 18.9 Å². The van der Waals surface area contributed by atoms with E-state index in [4.69, 9.17) is 18.6 Å². The summed E-state index contributed by atoms with van der Waals surface area (Å²) in [5, 5.41) is 0.611. The van der Waals surface area contributed by atoms with Gasteiger partial charge in [-0.05, 0) is 35.4 Å². The van der Waals surface area contributed by atoms with E-state index in [1.54, 1.807) is 29.2 Å². The number of benzene rings is 3. The highest BCUT2D eigenvalue weighted by Gasteiger charge is 2.23. The van der Waals surface area contributed by atoms with E-state index in [1.807, 2.05) is 48.5 Å². The molecule has 0 N–H and O–H groups in total. The van der Waals surface area contributed by atoms with Crippen molar-refractivity contribution in [3.63, 3.8) is 0 Å². The fourth-order valence-electron chi connectivity index (χ4n) is 3.86. The van der Waals surface area contributed by atoms with Crippen molar-refractivity contribution in [1.29, 1.82) is 0 Å². The van der Waals surface area contributed by atoms with Crippen LogP contribution in [0.1, 0.15) is 21.5 Å². The molecule has 0 radical (unpaired) electrons. The second kappa shape index (κ2) is 8.70. The molecule has 0 spiro atoms. The molecule has 33 heavy (non-hydrogen) atoms.